The van der Waals surface area contributed by atoms with Gasteiger partial charge in [-0.1, -0.05) is 33.1 Å². The zero-order valence-corrected chi connectivity index (χ0v) is 10.9. The van der Waals surface area contributed by atoms with E-state index in [-0.39, 0.29) is 6.10 Å². The van der Waals surface area contributed by atoms with Gasteiger partial charge in [-0.15, -0.1) is 0 Å². The summed E-state index contributed by atoms with van der Waals surface area (Å²) in [5, 5.41) is 0. The first kappa shape index (κ1) is 13.5. The number of amidine groups is 1. The molecule has 1 aliphatic rings. The van der Waals surface area contributed by atoms with Crippen LogP contribution >= 0.6 is 0 Å². The molecule has 1 saturated carbocycles. The summed E-state index contributed by atoms with van der Waals surface area (Å²) in [6, 6.07) is 0. The second-order valence-corrected chi connectivity index (χ2v) is 5.21. The maximum Gasteiger partial charge on any atom is 0.123 e. The Bertz CT molecular complexity index is 220. The third-order valence-electron chi connectivity index (χ3n) is 3.26. The summed E-state index contributed by atoms with van der Waals surface area (Å²) < 4.78 is 5.53. The van der Waals surface area contributed by atoms with Crippen LogP contribution in [-0.2, 0) is 4.74 Å². The maximum atomic E-state index is 6.03. The van der Waals surface area contributed by atoms with E-state index < -0.39 is 0 Å². The third kappa shape index (κ3) is 4.12. The molecule has 94 valence electrons. The minimum absolute atomic E-state index is 0.0408. The van der Waals surface area contributed by atoms with Gasteiger partial charge in [0, 0.05) is 13.7 Å². The van der Waals surface area contributed by atoms with Crippen LogP contribution in [0.15, 0.2) is 4.99 Å². The Hall–Kier alpha value is -0.570. The fourth-order valence-electron chi connectivity index (χ4n) is 2.37. The smallest absolute Gasteiger partial charge is 0.123 e. The Labute approximate surface area is 99.5 Å². The Morgan fingerprint density at radius 3 is 2.44 bits per heavy atom. The molecule has 3 nitrogen and oxygen atoms in total. The van der Waals surface area contributed by atoms with Gasteiger partial charge in [-0.05, 0) is 24.7 Å². The lowest BCUT2D eigenvalue weighted by Gasteiger charge is -2.28. The van der Waals surface area contributed by atoms with Crippen LogP contribution in [0.3, 0.4) is 0 Å². The van der Waals surface area contributed by atoms with Crippen molar-refractivity contribution in [3.63, 3.8) is 0 Å². The van der Waals surface area contributed by atoms with Crippen LogP contribution in [-0.4, -0.2) is 25.6 Å². The van der Waals surface area contributed by atoms with Gasteiger partial charge in [0.15, 0.2) is 0 Å². The van der Waals surface area contributed by atoms with Crippen molar-refractivity contribution in [3.05, 3.63) is 0 Å². The van der Waals surface area contributed by atoms with E-state index in [9.17, 15) is 0 Å². The first-order valence-corrected chi connectivity index (χ1v) is 6.47. The molecule has 0 aliphatic heterocycles. The fourth-order valence-corrected chi connectivity index (χ4v) is 2.37. The number of nitrogens with zero attached hydrogens (tertiary/aromatic N) is 1. The molecule has 1 fully saturated rings. The zero-order chi connectivity index (χ0) is 12.0. The molecule has 16 heavy (non-hydrogen) atoms. The lowest BCUT2D eigenvalue weighted by atomic mass is 9.85. The molecule has 1 aliphatic carbocycles. The normalized spacial score (nSPS) is 21.4. The average molecular weight is 226 g/mol. The molecule has 1 unspecified atom stereocenters. The Balaban J connectivity index is 2.54. The van der Waals surface area contributed by atoms with Gasteiger partial charge in [0.1, 0.15) is 11.9 Å². The molecular weight excluding hydrogens is 200 g/mol. The maximum absolute atomic E-state index is 6.03. The topological polar surface area (TPSA) is 47.6 Å². The predicted molar refractivity (Wildman–Crippen MR) is 68.7 cm³/mol. The third-order valence-corrected chi connectivity index (χ3v) is 3.26. The van der Waals surface area contributed by atoms with E-state index in [0.717, 1.165) is 6.54 Å². The number of hydrogen-bond donors (Lipinski definition) is 1. The molecule has 0 heterocycles. The second-order valence-electron chi connectivity index (χ2n) is 5.21. The van der Waals surface area contributed by atoms with Gasteiger partial charge in [0.2, 0.25) is 0 Å². The highest BCUT2D eigenvalue weighted by Crippen LogP contribution is 2.27. The van der Waals surface area contributed by atoms with E-state index in [1.807, 2.05) is 0 Å². The Kier molecular flexibility index (Phi) is 5.81. The van der Waals surface area contributed by atoms with Crippen LogP contribution in [0.25, 0.3) is 0 Å². The first-order chi connectivity index (χ1) is 7.65. The van der Waals surface area contributed by atoms with E-state index in [4.69, 9.17) is 10.5 Å². The Morgan fingerprint density at radius 1 is 1.31 bits per heavy atom. The van der Waals surface area contributed by atoms with Crippen molar-refractivity contribution in [1.29, 1.82) is 0 Å². The molecule has 0 spiro atoms. The van der Waals surface area contributed by atoms with Crippen molar-refractivity contribution in [3.8, 4) is 0 Å². The van der Waals surface area contributed by atoms with E-state index >= 15 is 0 Å². The zero-order valence-electron chi connectivity index (χ0n) is 10.9. The number of hydrogen-bond acceptors (Lipinski definition) is 2. The highest BCUT2D eigenvalue weighted by atomic mass is 16.5. The molecule has 3 heteroatoms. The predicted octanol–water partition coefficient (Wildman–Crippen LogP) is 2.59. The average Bonchev–Trinajstić information content (AvgIpc) is 2.29. The molecule has 1 rings (SSSR count). The highest BCUT2D eigenvalue weighted by Gasteiger charge is 2.26. The SMILES string of the molecule is COC(C(N)=NCC(C)C)C1CCCCC1. The fraction of sp³-hybridized carbons (Fsp3) is 0.923. The largest absolute Gasteiger partial charge is 0.385 e. The minimum Gasteiger partial charge on any atom is -0.385 e. The Morgan fingerprint density at radius 2 is 1.94 bits per heavy atom. The summed E-state index contributed by atoms with van der Waals surface area (Å²) in [6.45, 7) is 5.11. The summed E-state index contributed by atoms with van der Waals surface area (Å²) in [5.41, 5.74) is 6.03. The molecule has 0 radical (unpaired) electrons. The molecule has 0 aromatic heterocycles. The van der Waals surface area contributed by atoms with Gasteiger partial charge in [-0.3, -0.25) is 4.99 Å². The molecule has 0 amide bonds. The minimum atomic E-state index is 0.0408. The van der Waals surface area contributed by atoms with Gasteiger partial charge >= 0.3 is 0 Å². The summed E-state index contributed by atoms with van der Waals surface area (Å²) >= 11 is 0. The molecule has 0 bridgehead atoms. The summed E-state index contributed by atoms with van der Waals surface area (Å²) in [6.07, 6.45) is 6.48. The number of aliphatic imine (C=N–C) groups is 1. The summed E-state index contributed by atoms with van der Waals surface area (Å²) in [7, 11) is 1.75. The van der Waals surface area contributed by atoms with E-state index in [2.05, 4.69) is 18.8 Å². The van der Waals surface area contributed by atoms with Crippen LogP contribution in [0.5, 0.6) is 0 Å². The van der Waals surface area contributed by atoms with Crippen molar-refractivity contribution in [1.82, 2.24) is 0 Å². The van der Waals surface area contributed by atoms with Crippen molar-refractivity contribution in [2.24, 2.45) is 22.6 Å². The second kappa shape index (κ2) is 6.89. The molecule has 2 N–H and O–H groups in total. The summed E-state index contributed by atoms with van der Waals surface area (Å²) in [5.74, 6) is 1.83. The molecule has 0 aromatic rings. The molecule has 0 saturated heterocycles. The van der Waals surface area contributed by atoms with E-state index in [1.165, 1.54) is 32.1 Å². The van der Waals surface area contributed by atoms with Crippen LogP contribution in [0, 0.1) is 11.8 Å². The van der Waals surface area contributed by atoms with E-state index in [1.54, 1.807) is 7.11 Å². The standard InChI is InChI=1S/C13H26N2O/c1-10(2)9-15-13(14)12(16-3)11-7-5-4-6-8-11/h10-12H,4-9H2,1-3H3,(H2,14,15). The van der Waals surface area contributed by atoms with Crippen LogP contribution in [0.2, 0.25) is 0 Å². The van der Waals surface area contributed by atoms with Gasteiger partial charge in [-0.2, -0.15) is 0 Å². The monoisotopic (exact) mass is 226 g/mol. The lowest BCUT2D eigenvalue weighted by Crippen LogP contribution is -2.38. The molecule has 0 aromatic carbocycles. The molecule has 1 atom stereocenters. The first-order valence-electron chi connectivity index (χ1n) is 6.47. The quantitative estimate of drug-likeness (QED) is 0.578. The molecular formula is C13H26N2O. The number of rotatable bonds is 5. The number of nitrogens with two attached hydrogens (primary N) is 1. The lowest BCUT2D eigenvalue weighted by molar-refractivity contribution is 0.0849. The van der Waals surface area contributed by atoms with E-state index in [0.29, 0.717) is 17.7 Å². The number of methoxy groups -OCH3 is 1. The van der Waals surface area contributed by atoms with Gasteiger partial charge in [0.05, 0.1) is 0 Å². The van der Waals surface area contributed by atoms with Gasteiger partial charge in [0.25, 0.3) is 0 Å². The number of ether oxygens (including phenoxy) is 1. The summed E-state index contributed by atoms with van der Waals surface area (Å²) in [4.78, 5) is 4.44. The van der Waals surface area contributed by atoms with Crippen LogP contribution < -0.4 is 5.73 Å². The van der Waals surface area contributed by atoms with Crippen molar-refractivity contribution in [2.45, 2.75) is 52.1 Å². The van der Waals surface area contributed by atoms with Crippen LogP contribution in [0.1, 0.15) is 46.0 Å². The highest BCUT2D eigenvalue weighted by molar-refractivity contribution is 5.85. The van der Waals surface area contributed by atoms with Gasteiger partial charge < -0.3 is 10.5 Å². The van der Waals surface area contributed by atoms with Crippen molar-refractivity contribution in [2.75, 3.05) is 13.7 Å². The van der Waals surface area contributed by atoms with Gasteiger partial charge in [-0.25, -0.2) is 0 Å². The van der Waals surface area contributed by atoms with Crippen molar-refractivity contribution < 1.29 is 4.74 Å². The van der Waals surface area contributed by atoms with Crippen LogP contribution in [0.4, 0.5) is 0 Å². The van der Waals surface area contributed by atoms with Crippen molar-refractivity contribution >= 4 is 5.84 Å².